The van der Waals surface area contributed by atoms with Gasteiger partial charge in [-0.3, -0.25) is 4.79 Å². The van der Waals surface area contributed by atoms with E-state index in [0.717, 1.165) is 58.9 Å². The number of allylic oxidation sites excluding steroid dienone is 8. The van der Waals surface area contributed by atoms with Crippen LogP contribution < -0.4 is 10.2 Å². The van der Waals surface area contributed by atoms with E-state index in [4.69, 9.17) is 0 Å². The number of ketones is 1. The van der Waals surface area contributed by atoms with Gasteiger partial charge < -0.3 is 10.2 Å². The zero-order chi connectivity index (χ0) is 30.7. The quantitative estimate of drug-likeness (QED) is 0.162. The van der Waals surface area contributed by atoms with E-state index in [1.807, 2.05) is 26.0 Å². The number of rotatable bonds is 16. The van der Waals surface area contributed by atoms with E-state index in [-0.39, 0.29) is 11.2 Å². The minimum atomic E-state index is 0.0844. The van der Waals surface area contributed by atoms with Gasteiger partial charge in [-0.15, -0.1) is 0 Å². The third-order valence-corrected chi connectivity index (χ3v) is 8.01. The van der Waals surface area contributed by atoms with Crippen LogP contribution in [-0.4, -0.2) is 18.9 Å². The molecule has 3 heteroatoms. The average Bonchev–Trinajstić information content (AvgIpc) is 2.83. The summed E-state index contributed by atoms with van der Waals surface area (Å²) in [5.74, 6) is 1.43. The number of carbonyl (C=O) groups is 1. The third kappa shape index (κ3) is 11.7. The van der Waals surface area contributed by atoms with Crippen molar-refractivity contribution in [3.63, 3.8) is 0 Å². The summed E-state index contributed by atoms with van der Waals surface area (Å²) in [4.78, 5) is 15.0. The molecule has 1 aromatic rings. The zero-order valence-electron chi connectivity index (χ0n) is 27.3. The number of hydrogen-bond donors (Lipinski definition) is 1. The molecule has 0 aromatic heterocycles. The van der Waals surface area contributed by atoms with Crippen molar-refractivity contribution in [2.24, 2.45) is 17.3 Å². The van der Waals surface area contributed by atoms with Crippen LogP contribution in [0.25, 0.3) is 0 Å². The Morgan fingerprint density at radius 2 is 1.85 bits per heavy atom. The number of nitrogens with zero attached hydrogens (tertiary/aromatic N) is 1. The Hall–Kier alpha value is -3.07. The van der Waals surface area contributed by atoms with Gasteiger partial charge in [0.05, 0.1) is 0 Å². The normalized spacial score (nSPS) is 16.4. The van der Waals surface area contributed by atoms with Crippen molar-refractivity contribution in [2.45, 2.75) is 99.5 Å². The van der Waals surface area contributed by atoms with Crippen LogP contribution in [0, 0.1) is 17.3 Å². The van der Waals surface area contributed by atoms with E-state index in [2.05, 4.69) is 101 Å². The molecule has 41 heavy (non-hydrogen) atoms. The monoisotopic (exact) mass is 556 g/mol. The highest BCUT2D eigenvalue weighted by molar-refractivity contribution is 5.98. The average molecular weight is 557 g/mol. The van der Waals surface area contributed by atoms with Crippen molar-refractivity contribution in [1.29, 1.82) is 0 Å². The number of hydrogen-bond acceptors (Lipinski definition) is 3. The van der Waals surface area contributed by atoms with E-state index < -0.39 is 0 Å². The molecule has 0 bridgehead atoms. The van der Waals surface area contributed by atoms with Crippen LogP contribution in [-0.2, 0) is 11.2 Å². The summed E-state index contributed by atoms with van der Waals surface area (Å²) in [5.41, 5.74) is 7.50. The summed E-state index contributed by atoms with van der Waals surface area (Å²) in [6.45, 7) is 27.1. The molecule has 0 radical (unpaired) electrons. The van der Waals surface area contributed by atoms with Crippen LogP contribution in [0.5, 0.6) is 0 Å². The number of carbonyl (C=O) groups excluding carboxylic acids is 1. The molecular weight excluding hydrogens is 500 g/mol. The van der Waals surface area contributed by atoms with E-state index in [9.17, 15) is 4.79 Å². The van der Waals surface area contributed by atoms with Crippen LogP contribution in [0.1, 0.15) is 92.6 Å². The van der Waals surface area contributed by atoms with Crippen molar-refractivity contribution in [3.05, 3.63) is 102 Å². The molecule has 1 aromatic carbocycles. The van der Waals surface area contributed by atoms with Gasteiger partial charge in [0.25, 0.3) is 0 Å². The lowest BCUT2D eigenvalue weighted by Crippen LogP contribution is -2.39. The predicted molar refractivity (Wildman–Crippen MR) is 180 cm³/mol. The molecule has 0 saturated heterocycles. The molecule has 2 rings (SSSR count). The summed E-state index contributed by atoms with van der Waals surface area (Å²) < 4.78 is 0. The maximum atomic E-state index is 12.8. The molecule has 1 aliphatic rings. The Kier molecular flexibility index (Phi) is 13.2. The molecule has 0 heterocycles. The minimum absolute atomic E-state index is 0.0844. The van der Waals surface area contributed by atoms with Crippen molar-refractivity contribution < 1.29 is 4.79 Å². The Balaban J connectivity index is 2.31. The lowest BCUT2D eigenvalue weighted by Gasteiger charge is -2.39. The summed E-state index contributed by atoms with van der Waals surface area (Å²) in [7, 11) is 2.05. The summed E-state index contributed by atoms with van der Waals surface area (Å²) in [5, 5.41) is 3.76. The van der Waals surface area contributed by atoms with Gasteiger partial charge in [-0.05, 0) is 106 Å². The van der Waals surface area contributed by atoms with Crippen LogP contribution in [0.2, 0.25) is 0 Å². The fourth-order valence-electron chi connectivity index (χ4n) is 5.81. The third-order valence-electron chi connectivity index (χ3n) is 8.01. The highest BCUT2D eigenvalue weighted by atomic mass is 16.1. The summed E-state index contributed by atoms with van der Waals surface area (Å²) >= 11 is 0. The van der Waals surface area contributed by atoms with E-state index in [0.29, 0.717) is 18.4 Å². The number of benzene rings is 1. The Morgan fingerprint density at radius 3 is 2.39 bits per heavy atom. The smallest absolute Gasteiger partial charge is 0.160 e. The Morgan fingerprint density at radius 1 is 1.17 bits per heavy atom. The highest BCUT2D eigenvalue weighted by Gasteiger charge is 2.31. The predicted octanol–water partition coefficient (Wildman–Crippen LogP) is 9.90. The van der Waals surface area contributed by atoms with Crippen molar-refractivity contribution >= 4 is 11.5 Å². The molecule has 0 spiro atoms. The van der Waals surface area contributed by atoms with Crippen molar-refractivity contribution in [1.82, 2.24) is 5.32 Å². The van der Waals surface area contributed by atoms with E-state index in [1.165, 1.54) is 24.8 Å². The molecule has 0 unspecified atom stereocenters. The molecule has 0 amide bonds. The fourth-order valence-corrected chi connectivity index (χ4v) is 5.81. The molecule has 224 valence electrons. The highest BCUT2D eigenvalue weighted by Crippen LogP contribution is 2.38. The number of anilines is 1. The zero-order valence-corrected chi connectivity index (χ0v) is 27.3. The van der Waals surface area contributed by atoms with E-state index in [1.54, 1.807) is 6.92 Å². The maximum Gasteiger partial charge on any atom is 0.160 e. The number of nitrogens with one attached hydrogen (secondary N) is 1. The lowest BCUT2D eigenvalue weighted by molar-refractivity contribution is -0.113. The topological polar surface area (TPSA) is 32.3 Å². The first kappa shape index (κ1) is 34.1. The molecule has 2 atom stereocenters. The first-order chi connectivity index (χ1) is 19.2. The second-order valence-corrected chi connectivity index (χ2v) is 13.4. The van der Waals surface area contributed by atoms with Crippen molar-refractivity contribution in [3.8, 4) is 0 Å². The van der Waals surface area contributed by atoms with Gasteiger partial charge in [-0.1, -0.05) is 89.6 Å². The van der Waals surface area contributed by atoms with Gasteiger partial charge in [0.2, 0.25) is 0 Å². The van der Waals surface area contributed by atoms with Crippen LogP contribution in [0.3, 0.4) is 0 Å². The summed E-state index contributed by atoms with van der Waals surface area (Å²) in [6, 6.07) is 8.95. The van der Waals surface area contributed by atoms with Gasteiger partial charge in [0, 0.05) is 36.2 Å². The van der Waals surface area contributed by atoms with Gasteiger partial charge >= 0.3 is 0 Å². The largest absolute Gasteiger partial charge is 0.386 e. The fraction of sp³-hybridized carbons (Fsp3) is 0.500. The first-order valence-electron chi connectivity index (χ1n) is 15.3. The minimum Gasteiger partial charge on any atom is -0.386 e. The van der Waals surface area contributed by atoms with Gasteiger partial charge in [-0.25, -0.2) is 0 Å². The molecule has 1 aliphatic carbocycles. The van der Waals surface area contributed by atoms with Crippen LogP contribution in [0.4, 0.5) is 5.69 Å². The molecule has 1 saturated carbocycles. The molecule has 1 N–H and O–H groups in total. The Bertz CT molecular complexity index is 1170. The SMILES string of the molecule is C=C/C(C)=C\N(C)c1cccc(CC(=C/CC[C@H](C2CCC2)[C@H](C)NC(=C)CC(C)(C)C)/C(=C\C(=C)C)C(C)=O)c1. The lowest BCUT2D eigenvalue weighted by atomic mass is 9.71. The number of Topliss-reactive ketones (excluding diaryl/α,β-unsaturated/α-hetero) is 1. The molecule has 0 aliphatic heterocycles. The van der Waals surface area contributed by atoms with Gasteiger partial charge in [0.15, 0.2) is 5.78 Å². The molecular formula is C38H56N2O. The van der Waals surface area contributed by atoms with Gasteiger partial charge in [-0.2, -0.15) is 0 Å². The van der Waals surface area contributed by atoms with Crippen LogP contribution >= 0.6 is 0 Å². The van der Waals surface area contributed by atoms with Crippen molar-refractivity contribution in [2.75, 3.05) is 11.9 Å². The second kappa shape index (κ2) is 15.8. The molecule has 1 fully saturated rings. The Labute approximate surface area is 251 Å². The summed E-state index contributed by atoms with van der Waals surface area (Å²) in [6.07, 6.45) is 15.9. The van der Waals surface area contributed by atoms with Gasteiger partial charge in [0.1, 0.15) is 0 Å². The van der Waals surface area contributed by atoms with Crippen LogP contribution in [0.15, 0.2) is 96.4 Å². The standard InChI is InChI=1S/C38H56N2O/c1-12-28(4)26-40(11)35-20-13-16-32(24-35)23-34(37(31(7)41)22-27(2)3)19-15-21-36(33-17-14-18-33)30(6)39-29(5)25-38(8,9)10/h12-13,16,19-20,22,24,26,30,33,36,39H,1-2,5,14-15,17-18,21,23,25H2,3-4,6-11H3/b28-26-,34-19-,37-22-/t30-,36-/m0/s1. The first-order valence-corrected chi connectivity index (χ1v) is 15.3. The maximum absolute atomic E-state index is 12.8. The molecule has 3 nitrogen and oxygen atoms in total. The van der Waals surface area contributed by atoms with E-state index >= 15 is 0 Å². The second-order valence-electron chi connectivity index (χ2n) is 13.4.